The average molecular weight is 319 g/mol. The molecule has 1 heterocycles. The van der Waals surface area contributed by atoms with Crippen molar-refractivity contribution in [3.63, 3.8) is 0 Å². The lowest BCUT2D eigenvalue weighted by atomic mass is 9.98. The van der Waals surface area contributed by atoms with E-state index in [1.807, 2.05) is 13.8 Å². The molecule has 0 radical (unpaired) electrons. The molecule has 0 amide bonds. The number of hydrogen-bond acceptors (Lipinski definition) is 4. The molecule has 0 spiro atoms. The highest BCUT2D eigenvalue weighted by atomic mass is 32.2. The van der Waals surface area contributed by atoms with Crippen LogP contribution < -0.4 is 10.0 Å². The Labute approximate surface area is 128 Å². The first-order chi connectivity index (χ1) is 9.97. The van der Waals surface area contributed by atoms with Gasteiger partial charge in [0.2, 0.25) is 0 Å². The molecule has 1 aliphatic heterocycles. The van der Waals surface area contributed by atoms with E-state index in [0.29, 0.717) is 32.2 Å². The third-order valence-corrected chi connectivity index (χ3v) is 5.64. The smallest absolute Gasteiger partial charge is 0.279 e. The van der Waals surface area contributed by atoms with Crippen LogP contribution in [0.15, 0.2) is 0 Å². The predicted octanol–water partition coefficient (Wildman–Crippen LogP) is 0.710. The van der Waals surface area contributed by atoms with Crippen molar-refractivity contribution in [3.8, 4) is 0 Å². The average Bonchev–Trinajstić information content (AvgIpc) is 3.26. The number of hydrogen-bond donors (Lipinski definition) is 2. The fraction of sp³-hybridized carbons (Fsp3) is 1.00. The summed E-state index contributed by atoms with van der Waals surface area (Å²) in [6.45, 7) is 6.91. The van der Waals surface area contributed by atoms with Crippen LogP contribution in [-0.2, 0) is 14.9 Å². The molecule has 0 aromatic heterocycles. The van der Waals surface area contributed by atoms with Crippen molar-refractivity contribution in [2.24, 2.45) is 5.92 Å². The summed E-state index contributed by atoms with van der Waals surface area (Å²) in [5, 5.41) is 3.53. The first-order valence-corrected chi connectivity index (χ1v) is 9.51. The van der Waals surface area contributed by atoms with Gasteiger partial charge >= 0.3 is 0 Å². The van der Waals surface area contributed by atoms with Gasteiger partial charge in [0.15, 0.2) is 0 Å². The summed E-state index contributed by atoms with van der Waals surface area (Å²) in [5.74, 6) is 0.612. The van der Waals surface area contributed by atoms with Crippen LogP contribution in [-0.4, -0.2) is 57.7 Å². The summed E-state index contributed by atoms with van der Waals surface area (Å²) in [4.78, 5) is 0. The largest absolute Gasteiger partial charge is 0.377 e. The van der Waals surface area contributed by atoms with Crippen molar-refractivity contribution < 1.29 is 13.2 Å². The maximum atomic E-state index is 12.2. The van der Waals surface area contributed by atoms with Gasteiger partial charge in [-0.1, -0.05) is 0 Å². The van der Waals surface area contributed by atoms with Gasteiger partial charge in [0, 0.05) is 25.7 Å². The molecule has 1 saturated carbocycles. The molecule has 21 heavy (non-hydrogen) atoms. The molecule has 2 rings (SSSR count). The van der Waals surface area contributed by atoms with Crippen LogP contribution in [0.3, 0.4) is 0 Å². The van der Waals surface area contributed by atoms with Gasteiger partial charge in [-0.05, 0) is 52.0 Å². The lowest BCUT2D eigenvalue weighted by Gasteiger charge is -2.31. The molecule has 7 heteroatoms. The molecule has 1 aliphatic carbocycles. The topological polar surface area (TPSA) is 70.7 Å². The first kappa shape index (κ1) is 17.1. The Morgan fingerprint density at radius 2 is 1.86 bits per heavy atom. The Kier molecular flexibility index (Phi) is 6.43. The van der Waals surface area contributed by atoms with Crippen LogP contribution >= 0.6 is 0 Å². The molecule has 6 nitrogen and oxygen atoms in total. The summed E-state index contributed by atoms with van der Waals surface area (Å²) in [6.07, 6.45) is 4.63. The molecule has 0 aromatic carbocycles. The molecule has 2 fully saturated rings. The van der Waals surface area contributed by atoms with E-state index in [2.05, 4.69) is 10.0 Å². The maximum Gasteiger partial charge on any atom is 0.279 e. The van der Waals surface area contributed by atoms with Crippen molar-refractivity contribution in [2.75, 3.05) is 32.8 Å². The zero-order chi connectivity index (χ0) is 15.3. The molecule has 124 valence electrons. The molecule has 1 saturated heterocycles. The molecule has 0 aromatic rings. The molecule has 0 atom stereocenters. The lowest BCUT2D eigenvalue weighted by molar-refractivity contribution is 0.0831. The highest BCUT2D eigenvalue weighted by molar-refractivity contribution is 7.87. The Bertz CT molecular complexity index is 402. The van der Waals surface area contributed by atoms with Crippen LogP contribution in [0.4, 0.5) is 0 Å². The van der Waals surface area contributed by atoms with E-state index < -0.39 is 10.2 Å². The van der Waals surface area contributed by atoms with Gasteiger partial charge in [0.25, 0.3) is 10.2 Å². The third-order valence-electron chi connectivity index (χ3n) is 4.02. The number of nitrogens with one attached hydrogen (secondary N) is 2. The SMILES string of the molecule is CC(C)OCCNS(=O)(=O)N1CCC(CNC2CC2)CC1. The van der Waals surface area contributed by atoms with Crippen LogP contribution in [0, 0.1) is 5.92 Å². The van der Waals surface area contributed by atoms with E-state index in [4.69, 9.17) is 4.74 Å². The van der Waals surface area contributed by atoms with E-state index in [1.165, 1.54) is 12.8 Å². The number of nitrogens with zero attached hydrogens (tertiary/aromatic N) is 1. The van der Waals surface area contributed by atoms with Crippen LogP contribution in [0.5, 0.6) is 0 Å². The highest BCUT2D eigenvalue weighted by Gasteiger charge is 2.28. The molecular weight excluding hydrogens is 290 g/mol. The van der Waals surface area contributed by atoms with Gasteiger partial charge in [0.1, 0.15) is 0 Å². The summed E-state index contributed by atoms with van der Waals surface area (Å²) in [6, 6.07) is 0.731. The van der Waals surface area contributed by atoms with Gasteiger partial charge < -0.3 is 10.1 Å². The van der Waals surface area contributed by atoms with Crippen molar-refractivity contribution in [1.29, 1.82) is 0 Å². The monoisotopic (exact) mass is 319 g/mol. The van der Waals surface area contributed by atoms with Crippen LogP contribution in [0.2, 0.25) is 0 Å². The van der Waals surface area contributed by atoms with Crippen molar-refractivity contribution in [1.82, 2.24) is 14.3 Å². The minimum absolute atomic E-state index is 0.129. The van der Waals surface area contributed by atoms with Gasteiger partial charge in [-0.2, -0.15) is 17.4 Å². The van der Waals surface area contributed by atoms with Crippen LogP contribution in [0.25, 0.3) is 0 Å². The number of piperidine rings is 1. The number of rotatable bonds is 9. The van der Waals surface area contributed by atoms with E-state index >= 15 is 0 Å². The van der Waals surface area contributed by atoms with Crippen molar-refractivity contribution >= 4 is 10.2 Å². The Balaban J connectivity index is 1.64. The Morgan fingerprint density at radius 1 is 1.19 bits per heavy atom. The van der Waals surface area contributed by atoms with Crippen molar-refractivity contribution in [2.45, 2.75) is 51.7 Å². The van der Waals surface area contributed by atoms with Gasteiger partial charge in [0.05, 0.1) is 12.7 Å². The maximum absolute atomic E-state index is 12.2. The fourth-order valence-corrected chi connectivity index (χ4v) is 3.75. The molecule has 2 aliphatic rings. The van der Waals surface area contributed by atoms with Gasteiger partial charge in [-0.3, -0.25) is 0 Å². The summed E-state index contributed by atoms with van der Waals surface area (Å²) in [5.41, 5.74) is 0. The summed E-state index contributed by atoms with van der Waals surface area (Å²) >= 11 is 0. The molecule has 0 bridgehead atoms. The number of ether oxygens (including phenoxy) is 1. The minimum Gasteiger partial charge on any atom is -0.377 e. The lowest BCUT2D eigenvalue weighted by Crippen LogP contribution is -2.46. The van der Waals surface area contributed by atoms with E-state index in [9.17, 15) is 8.42 Å². The second-order valence-electron chi connectivity index (χ2n) is 6.34. The second kappa shape index (κ2) is 7.87. The Morgan fingerprint density at radius 3 is 2.43 bits per heavy atom. The fourth-order valence-electron chi connectivity index (χ4n) is 2.53. The van der Waals surface area contributed by atoms with Gasteiger partial charge in [-0.25, -0.2) is 0 Å². The Hall–Kier alpha value is -0.210. The van der Waals surface area contributed by atoms with E-state index in [0.717, 1.165) is 25.4 Å². The van der Waals surface area contributed by atoms with Gasteiger partial charge in [-0.15, -0.1) is 0 Å². The van der Waals surface area contributed by atoms with E-state index in [1.54, 1.807) is 4.31 Å². The van der Waals surface area contributed by atoms with E-state index in [-0.39, 0.29) is 6.10 Å². The predicted molar refractivity (Wildman–Crippen MR) is 83.3 cm³/mol. The highest BCUT2D eigenvalue weighted by Crippen LogP contribution is 2.22. The molecular formula is C14H29N3O3S. The molecule has 0 unspecified atom stereocenters. The standard InChI is InChI=1S/C14H29N3O3S/c1-12(2)20-10-7-16-21(18,19)17-8-5-13(6-9-17)11-15-14-3-4-14/h12-16H,3-11H2,1-2H3. The second-order valence-corrected chi connectivity index (χ2v) is 8.10. The zero-order valence-electron chi connectivity index (χ0n) is 13.2. The zero-order valence-corrected chi connectivity index (χ0v) is 14.0. The molecule has 2 N–H and O–H groups in total. The quantitative estimate of drug-likeness (QED) is 0.614. The summed E-state index contributed by atoms with van der Waals surface area (Å²) < 4.78 is 33.8. The minimum atomic E-state index is -3.34. The first-order valence-electron chi connectivity index (χ1n) is 8.07. The third kappa shape index (κ3) is 6.20. The normalized spacial score (nSPS) is 22.0. The van der Waals surface area contributed by atoms with Crippen LogP contribution in [0.1, 0.15) is 39.5 Å². The summed E-state index contributed by atoms with van der Waals surface area (Å²) in [7, 11) is -3.34. The van der Waals surface area contributed by atoms with Crippen molar-refractivity contribution in [3.05, 3.63) is 0 Å².